The van der Waals surface area contributed by atoms with Gasteiger partial charge in [0.05, 0.1) is 11.6 Å². The molecule has 0 bridgehead atoms. The van der Waals surface area contributed by atoms with E-state index in [1.807, 2.05) is 42.5 Å². The van der Waals surface area contributed by atoms with Crippen LogP contribution in [0.3, 0.4) is 0 Å². The molecule has 0 saturated carbocycles. The predicted molar refractivity (Wildman–Crippen MR) is 82.2 cm³/mol. The lowest BCUT2D eigenvalue weighted by atomic mass is 9.85. The van der Waals surface area contributed by atoms with Crippen LogP contribution in [-0.4, -0.2) is 5.91 Å². The fourth-order valence-electron chi connectivity index (χ4n) is 2.88. The molecule has 0 radical (unpaired) electrons. The lowest BCUT2D eigenvalue weighted by molar-refractivity contribution is -0.117. The fourth-order valence-corrected chi connectivity index (χ4v) is 3.13. The molecular formula is C17H16ClNO. The normalized spacial score (nSPS) is 17.7. The number of benzene rings is 2. The molecule has 1 atom stereocenters. The highest BCUT2D eigenvalue weighted by Gasteiger charge is 2.38. The molecule has 2 nitrogen and oxygen atoms in total. The summed E-state index contributed by atoms with van der Waals surface area (Å²) >= 11 is 6.15. The second-order valence-electron chi connectivity index (χ2n) is 5.39. The molecule has 0 N–H and O–H groups in total. The third-order valence-corrected chi connectivity index (χ3v) is 4.18. The minimum Gasteiger partial charge on any atom is -0.272 e. The maximum Gasteiger partial charge on any atom is 0.253 e. The number of hydrogen-bond acceptors (Lipinski definition) is 1. The van der Waals surface area contributed by atoms with Crippen LogP contribution in [0.4, 0.5) is 5.69 Å². The van der Waals surface area contributed by atoms with Gasteiger partial charge in [-0.15, -0.1) is 0 Å². The molecular weight excluding hydrogens is 270 g/mol. The Kier molecular flexibility index (Phi) is 3.27. The van der Waals surface area contributed by atoms with E-state index in [1.54, 1.807) is 0 Å². The van der Waals surface area contributed by atoms with Crippen molar-refractivity contribution >= 4 is 23.4 Å². The largest absolute Gasteiger partial charge is 0.272 e. The minimum absolute atomic E-state index is 0.0685. The first-order valence-corrected chi connectivity index (χ1v) is 7.12. The van der Waals surface area contributed by atoms with E-state index < -0.39 is 0 Å². The Morgan fingerprint density at radius 3 is 2.30 bits per heavy atom. The van der Waals surface area contributed by atoms with E-state index in [-0.39, 0.29) is 11.8 Å². The second-order valence-corrected chi connectivity index (χ2v) is 5.73. The third kappa shape index (κ3) is 1.92. The molecule has 0 fully saturated rings. The summed E-state index contributed by atoms with van der Waals surface area (Å²) in [6.45, 7) is 4.28. The molecule has 0 aromatic heterocycles. The molecule has 20 heavy (non-hydrogen) atoms. The summed E-state index contributed by atoms with van der Waals surface area (Å²) in [5, 5.41) is 0. The van der Waals surface area contributed by atoms with Crippen molar-refractivity contribution in [2.24, 2.45) is 0 Å². The number of para-hydroxylation sites is 1. The molecule has 3 heteroatoms. The first kappa shape index (κ1) is 13.2. The number of nitrogens with zero attached hydrogens (tertiary/aromatic N) is 1. The van der Waals surface area contributed by atoms with Crippen molar-refractivity contribution in [2.45, 2.75) is 25.7 Å². The predicted octanol–water partition coefficient (Wildman–Crippen LogP) is 4.44. The molecule has 1 aliphatic heterocycles. The van der Waals surface area contributed by atoms with Gasteiger partial charge in [0.2, 0.25) is 0 Å². The summed E-state index contributed by atoms with van der Waals surface area (Å²) in [7, 11) is 0. The van der Waals surface area contributed by atoms with Gasteiger partial charge in [0.15, 0.2) is 0 Å². The van der Waals surface area contributed by atoms with E-state index in [9.17, 15) is 4.79 Å². The van der Waals surface area contributed by atoms with Crippen molar-refractivity contribution in [2.75, 3.05) is 4.42 Å². The zero-order chi connectivity index (χ0) is 14.3. The van der Waals surface area contributed by atoms with Crippen molar-refractivity contribution in [1.82, 2.24) is 0 Å². The van der Waals surface area contributed by atoms with E-state index in [0.717, 1.165) is 16.8 Å². The van der Waals surface area contributed by atoms with E-state index >= 15 is 0 Å². The summed E-state index contributed by atoms with van der Waals surface area (Å²) in [6, 6.07) is 15.8. The van der Waals surface area contributed by atoms with Gasteiger partial charge in [-0.25, -0.2) is 4.42 Å². The number of rotatable bonds is 2. The standard InChI is InChI=1S/C17H16ClNO/c1-11(2)12-7-3-4-8-13(12)16-14-9-5-6-10-15(14)19(18)17(16)20/h3-11,16H,1-2H3. The Morgan fingerprint density at radius 1 is 1.00 bits per heavy atom. The van der Waals surface area contributed by atoms with Crippen LogP contribution in [0.2, 0.25) is 0 Å². The summed E-state index contributed by atoms with van der Waals surface area (Å²) in [4.78, 5) is 12.5. The first-order chi connectivity index (χ1) is 9.61. The maximum absolute atomic E-state index is 12.5. The van der Waals surface area contributed by atoms with Gasteiger partial charge < -0.3 is 0 Å². The van der Waals surface area contributed by atoms with Crippen molar-refractivity contribution in [3.63, 3.8) is 0 Å². The quantitative estimate of drug-likeness (QED) is 0.747. The summed E-state index contributed by atoms with van der Waals surface area (Å²) in [6.07, 6.45) is 0. The zero-order valence-electron chi connectivity index (χ0n) is 11.5. The number of anilines is 1. The smallest absolute Gasteiger partial charge is 0.253 e. The third-order valence-electron chi connectivity index (χ3n) is 3.83. The van der Waals surface area contributed by atoms with Crippen molar-refractivity contribution in [3.8, 4) is 0 Å². The van der Waals surface area contributed by atoms with Gasteiger partial charge in [-0.3, -0.25) is 4.79 Å². The fraction of sp³-hybridized carbons (Fsp3) is 0.235. The highest BCUT2D eigenvalue weighted by molar-refractivity contribution is 6.39. The van der Waals surface area contributed by atoms with Crippen molar-refractivity contribution < 1.29 is 4.79 Å². The van der Waals surface area contributed by atoms with Crippen molar-refractivity contribution in [1.29, 1.82) is 0 Å². The van der Waals surface area contributed by atoms with Crippen LogP contribution in [0.25, 0.3) is 0 Å². The van der Waals surface area contributed by atoms with E-state index in [1.165, 1.54) is 9.98 Å². The highest BCUT2D eigenvalue weighted by atomic mass is 35.5. The van der Waals surface area contributed by atoms with Gasteiger partial charge >= 0.3 is 0 Å². The number of carbonyl (C=O) groups excluding carboxylic acids is 1. The number of halogens is 1. The topological polar surface area (TPSA) is 20.3 Å². The van der Waals surface area contributed by atoms with Crippen LogP contribution in [0.15, 0.2) is 48.5 Å². The van der Waals surface area contributed by atoms with Crippen LogP contribution in [0.5, 0.6) is 0 Å². The number of carbonyl (C=O) groups is 1. The molecule has 0 aliphatic carbocycles. The zero-order valence-corrected chi connectivity index (χ0v) is 12.3. The first-order valence-electron chi connectivity index (χ1n) is 6.78. The Bertz CT molecular complexity index is 666. The molecule has 2 aromatic carbocycles. The maximum atomic E-state index is 12.5. The molecule has 0 saturated heterocycles. The Labute approximate surface area is 124 Å². The van der Waals surface area contributed by atoms with Gasteiger partial charge in [-0.1, -0.05) is 56.3 Å². The van der Waals surface area contributed by atoms with Crippen molar-refractivity contribution in [3.05, 3.63) is 65.2 Å². The van der Waals surface area contributed by atoms with Gasteiger partial charge in [0.25, 0.3) is 5.91 Å². The second kappa shape index (κ2) is 4.95. The number of fused-ring (bicyclic) bond motifs is 1. The number of amides is 1. The van der Waals surface area contributed by atoms with Crippen LogP contribution in [0, 0.1) is 0 Å². The lowest BCUT2D eigenvalue weighted by Crippen LogP contribution is -2.20. The Balaban J connectivity index is 2.19. The average molecular weight is 286 g/mol. The Morgan fingerprint density at radius 2 is 1.60 bits per heavy atom. The molecule has 1 amide bonds. The Hall–Kier alpha value is -1.80. The highest BCUT2D eigenvalue weighted by Crippen LogP contribution is 2.43. The van der Waals surface area contributed by atoms with Crippen LogP contribution < -0.4 is 4.42 Å². The number of hydrogen-bond donors (Lipinski definition) is 0. The van der Waals surface area contributed by atoms with E-state index in [4.69, 9.17) is 11.8 Å². The lowest BCUT2D eigenvalue weighted by Gasteiger charge is -2.17. The van der Waals surface area contributed by atoms with E-state index in [2.05, 4.69) is 19.9 Å². The molecule has 102 valence electrons. The molecule has 1 unspecified atom stereocenters. The molecule has 1 aliphatic rings. The molecule has 0 spiro atoms. The van der Waals surface area contributed by atoms with Crippen LogP contribution >= 0.6 is 11.8 Å². The molecule has 3 rings (SSSR count). The monoisotopic (exact) mass is 285 g/mol. The average Bonchev–Trinajstić information content (AvgIpc) is 2.71. The minimum atomic E-state index is -0.290. The van der Waals surface area contributed by atoms with Gasteiger partial charge in [0, 0.05) is 11.8 Å². The SMILES string of the molecule is CC(C)c1ccccc1C1C(=O)N(Cl)c2ccccc21. The summed E-state index contributed by atoms with van der Waals surface area (Å²) in [5.41, 5.74) is 4.04. The van der Waals surface area contributed by atoms with Crippen LogP contribution in [0.1, 0.15) is 42.4 Å². The van der Waals surface area contributed by atoms with Gasteiger partial charge in [-0.05, 0) is 28.7 Å². The molecule has 1 heterocycles. The van der Waals surface area contributed by atoms with Gasteiger partial charge in [0.1, 0.15) is 0 Å². The van der Waals surface area contributed by atoms with Gasteiger partial charge in [-0.2, -0.15) is 0 Å². The molecule has 2 aromatic rings. The van der Waals surface area contributed by atoms with Crippen LogP contribution in [-0.2, 0) is 4.79 Å². The van der Waals surface area contributed by atoms with E-state index in [0.29, 0.717) is 5.92 Å². The summed E-state index contributed by atoms with van der Waals surface area (Å²) < 4.78 is 1.25. The summed E-state index contributed by atoms with van der Waals surface area (Å²) in [5.74, 6) is 0.0128.